The summed E-state index contributed by atoms with van der Waals surface area (Å²) in [6.45, 7) is 1.57. The van der Waals surface area contributed by atoms with Crippen LogP contribution >= 0.6 is 0 Å². The van der Waals surface area contributed by atoms with Crippen LogP contribution in [0.1, 0.15) is 18.2 Å². The van der Waals surface area contributed by atoms with Gasteiger partial charge in [0.25, 0.3) is 5.91 Å². The number of hydrogen-bond acceptors (Lipinski definition) is 2. The topological polar surface area (TPSA) is 33.2 Å². The summed E-state index contributed by atoms with van der Waals surface area (Å²) in [5.41, 5.74) is 1.09. The van der Waals surface area contributed by atoms with Gasteiger partial charge >= 0.3 is 0 Å². The SMILES string of the molecule is CC(=CC(=O)N(Cc1ccccn1)c1ccc(F)cc1F)c1ccccc1F. The number of amides is 1. The Kier molecular flexibility index (Phi) is 5.89. The number of halogens is 3. The minimum absolute atomic E-state index is 0.0245. The molecule has 28 heavy (non-hydrogen) atoms. The van der Waals surface area contributed by atoms with E-state index in [1.165, 1.54) is 18.2 Å². The zero-order valence-corrected chi connectivity index (χ0v) is 15.1. The summed E-state index contributed by atoms with van der Waals surface area (Å²) in [6, 6.07) is 14.2. The molecule has 0 atom stereocenters. The molecule has 1 aromatic heterocycles. The van der Waals surface area contributed by atoms with E-state index in [0.717, 1.165) is 11.0 Å². The number of aromatic nitrogens is 1. The molecule has 0 saturated carbocycles. The smallest absolute Gasteiger partial charge is 0.251 e. The standard InChI is InChI=1S/C22H17F3N2O/c1-15(18-7-2-3-8-19(18)24)12-22(28)27(14-17-6-4-5-11-26-17)21-10-9-16(23)13-20(21)25/h2-13H,14H2,1H3. The molecule has 3 aromatic rings. The lowest BCUT2D eigenvalue weighted by molar-refractivity contribution is -0.114. The number of carbonyl (C=O) groups is 1. The number of allylic oxidation sites excluding steroid dienone is 1. The highest BCUT2D eigenvalue weighted by molar-refractivity contribution is 6.05. The van der Waals surface area contributed by atoms with Crippen molar-refractivity contribution >= 4 is 17.2 Å². The molecule has 0 aliphatic carbocycles. The molecule has 2 aromatic carbocycles. The van der Waals surface area contributed by atoms with Crippen LogP contribution in [-0.4, -0.2) is 10.9 Å². The van der Waals surface area contributed by atoms with Crippen molar-refractivity contribution in [3.8, 4) is 0 Å². The summed E-state index contributed by atoms with van der Waals surface area (Å²) in [5.74, 6) is -2.66. The molecule has 0 radical (unpaired) electrons. The first kappa shape index (κ1) is 19.4. The Labute approximate surface area is 160 Å². The van der Waals surface area contributed by atoms with Crippen LogP contribution in [0.3, 0.4) is 0 Å². The van der Waals surface area contributed by atoms with E-state index in [4.69, 9.17) is 0 Å². The highest BCUT2D eigenvalue weighted by Crippen LogP contribution is 2.24. The Morgan fingerprint density at radius 3 is 2.43 bits per heavy atom. The van der Waals surface area contributed by atoms with Gasteiger partial charge in [-0.25, -0.2) is 13.2 Å². The second-order valence-electron chi connectivity index (χ2n) is 6.15. The maximum atomic E-state index is 14.4. The van der Waals surface area contributed by atoms with Crippen molar-refractivity contribution in [2.75, 3.05) is 4.90 Å². The number of hydrogen-bond donors (Lipinski definition) is 0. The molecule has 0 unspecified atom stereocenters. The maximum absolute atomic E-state index is 14.4. The molecule has 1 amide bonds. The van der Waals surface area contributed by atoms with Crippen LogP contribution in [0.25, 0.3) is 5.57 Å². The normalized spacial score (nSPS) is 11.4. The molecule has 0 bridgehead atoms. The molecule has 3 nitrogen and oxygen atoms in total. The van der Waals surface area contributed by atoms with Gasteiger partial charge in [0, 0.05) is 23.9 Å². The van der Waals surface area contributed by atoms with Crippen molar-refractivity contribution in [2.45, 2.75) is 13.5 Å². The van der Waals surface area contributed by atoms with E-state index in [2.05, 4.69) is 4.98 Å². The zero-order chi connectivity index (χ0) is 20.1. The van der Waals surface area contributed by atoms with E-state index in [1.54, 1.807) is 49.5 Å². The largest absolute Gasteiger partial charge is 0.300 e. The van der Waals surface area contributed by atoms with Gasteiger partial charge in [0.05, 0.1) is 17.9 Å². The average molecular weight is 382 g/mol. The summed E-state index contributed by atoms with van der Waals surface area (Å²) in [7, 11) is 0. The van der Waals surface area contributed by atoms with E-state index in [9.17, 15) is 18.0 Å². The minimum Gasteiger partial charge on any atom is -0.300 e. The first-order valence-corrected chi connectivity index (χ1v) is 8.55. The van der Waals surface area contributed by atoms with Crippen molar-refractivity contribution in [1.29, 1.82) is 0 Å². The molecule has 142 valence electrons. The Bertz CT molecular complexity index is 1020. The molecule has 0 aliphatic rings. The molecule has 1 heterocycles. The van der Waals surface area contributed by atoms with Gasteiger partial charge in [-0.2, -0.15) is 0 Å². The lowest BCUT2D eigenvalue weighted by Crippen LogP contribution is -2.30. The maximum Gasteiger partial charge on any atom is 0.251 e. The summed E-state index contributed by atoms with van der Waals surface area (Å²) in [4.78, 5) is 18.2. The Morgan fingerprint density at radius 1 is 1.00 bits per heavy atom. The van der Waals surface area contributed by atoms with Gasteiger partial charge in [-0.05, 0) is 42.8 Å². The number of benzene rings is 2. The molecule has 6 heteroatoms. The molecule has 3 rings (SSSR count). The van der Waals surface area contributed by atoms with Crippen molar-refractivity contribution in [3.05, 3.63) is 102 Å². The molecule has 0 spiro atoms. The Hall–Kier alpha value is -3.41. The van der Waals surface area contributed by atoms with Crippen LogP contribution in [0, 0.1) is 17.5 Å². The molecule has 0 N–H and O–H groups in total. The van der Waals surface area contributed by atoms with E-state index < -0.39 is 23.4 Å². The van der Waals surface area contributed by atoms with Gasteiger partial charge in [0.2, 0.25) is 0 Å². The molecular weight excluding hydrogens is 365 g/mol. The van der Waals surface area contributed by atoms with E-state index in [1.807, 2.05) is 0 Å². The number of pyridine rings is 1. The van der Waals surface area contributed by atoms with Crippen molar-refractivity contribution in [3.63, 3.8) is 0 Å². The highest BCUT2D eigenvalue weighted by Gasteiger charge is 2.20. The first-order chi connectivity index (χ1) is 13.5. The predicted octanol–water partition coefficient (Wildman–Crippen LogP) is 5.14. The third-order valence-corrected chi connectivity index (χ3v) is 4.15. The summed E-state index contributed by atoms with van der Waals surface area (Å²) < 4.78 is 41.7. The number of nitrogens with zero attached hydrogens (tertiary/aromatic N) is 2. The van der Waals surface area contributed by atoms with Crippen LogP contribution in [0.5, 0.6) is 0 Å². The summed E-state index contributed by atoms with van der Waals surface area (Å²) in [5, 5.41) is 0. The van der Waals surface area contributed by atoms with E-state index in [-0.39, 0.29) is 17.8 Å². The van der Waals surface area contributed by atoms with Crippen LogP contribution in [0.15, 0.2) is 72.9 Å². The fraction of sp³-hybridized carbons (Fsp3) is 0.0909. The fourth-order valence-corrected chi connectivity index (χ4v) is 2.76. The quantitative estimate of drug-likeness (QED) is 0.573. The highest BCUT2D eigenvalue weighted by atomic mass is 19.1. The number of carbonyl (C=O) groups excluding carboxylic acids is 1. The number of rotatable bonds is 5. The van der Waals surface area contributed by atoms with Crippen LogP contribution in [0.4, 0.5) is 18.9 Å². The Balaban J connectivity index is 1.99. The lowest BCUT2D eigenvalue weighted by Gasteiger charge is -2.22. The van der Waals surface area contributed by atoms with E-state index >= 15 is 0 Å². The minimum atomic E-state index is -0.874. The monoisotopic (exact) mass is 382 g/mol. The van der Waals surface area contributed by atoms with Crippen molar-refractivity contribution in [2.24, 2.45) is 0 Å². The lowest BCUT2D eigenvalue weighted by atomic mass is 10.1. The average Bonchev–Trinajstić information content (AvgIpc) is 2.67. The number of anilines is 1. The second kappa shape index (κ2) is 8.52. The van der Waals surface area contributed by atoms with Crippen molar-refractivity contribution in [1.82, 2.24) is 4.98 Å². The molecule has 0 fully saturated rings. The Morgan fingerprint density at radius 2 is 1.75 bits per heavy atom. The first-order valence-electron chi connectivity index (χ1n) is 8.55. The van der Waals surface area contributed by atoms with Gasteiger partial charge in [0.15, 0.2) is 0 Å². The predicted molar refractivity (Wildman–Crippen MR) is 102 cm³/mol. The third kappa shape index (κ3) is 4.46. The van der Waals surface area contributed by atoms with Crippen LogP contribution in [-0.2, 0) is 11.3 Å². The zero-order valence-electron chi connectivity index (χ0n) is 15.1. The van der Waals surface area contributed by atoms with Crippen LogP contribution in [0.2, 0.25) is 0 Å². The van der Waals surface area contributed by atoms with Gasteiger partial charge in [-0.1, -0.05) is 24.3 Å². The summed E-state index contributed by atoms with van der Waals surface area (Å²) >= 11 is 0. The van der Waals surface area contributed by atoms with E-state index in [0.29, 0.717) is 17.3 Å². The second-order valence-corrected chi connectivity index (χ2v) is 6.15. The van der Waals surface area contributed by atoms with Crippen molar-refractivity contribution < 1.29 is 18.0 Å². The fourth-order valence-electron chi connectivity index (χ4n) is 2.76. The van der Waals surface area contributed by atoms with Gasteiger partial charge in [-0.15, -0.1) is 0 Å². The van der Waals surface area contributed by atoms with Gasteiger partial charge in [0.1, 0.15) is 17.5 Å². The van der Waals surface area contributed by atoms with Gasteiger partial charge in [-0.3, -0.25) is 14.7 Å². The van der Waals surface area contributed by atoms with Crippen LogP contribution < -0.4 is 4.90 Å². The molecule has 0 aliphatic heterocycles. The third-order valence-electron chi connectivity index (χ3n) is 4.15. The molecule has 0 saturated heterocycles. The van der Waals surface area contributed by atoms with Gasteiger partial charge < -0.3 is 0 Å². The molecular formula is C22H17F3N2O. The summed E-state index contributed by atoms with van der Waals surface area (Å²) in [6.07, 6.45) is 2.78.